The highest BCUT2D eigenvalue weighted by Gasteiger charge is 1.92. The first-order valence-electron chi connectivity index (χ1n) is 7.19. The highest BCUT2D eigenvalue weighted by atomic mass is 14.9. The van der Waals surface area contributed by atoms with E-state index >= 15 is 0 Å². The van der Waals surface area contributed by atoms with E-state index in [-0.39, 0.29) is 2.85 Å². The molecule has 0 saturated carbocycles. The average molecular weight is 274 g/mol. The Bertz CT molecular complexity index is 447. The van der Waals surface area contributed by atoms with Crippen LogP contribution in [0.1, 0.15) is 22.3 Å². The molecule has 20 heavy (non-hydrogen) atoms. The van der Waals surface area contributed by atoms with Crippen LogP contribution in [0, 0.1) is 5.92 Å². The van der Waals surface area contributed by atoms with Crippen LogP contribution in [-0.4, -0.2) is 13.6 Å². The zero-order valence-electron chi connectivity index (χ0n) is 12.8. The van der Waals surface area contributed by atoms with Gasteiger partial charge in [-0.15, -0.1) is 0 Å². The second-order valence-corrected chi connectivity index (χ2v) is 5.16. The SMILES string of the molecule is CC(C)CNc1ccccc1.CNCc1ccccc1.[HH].[HH]. The van der Waals surface area contributed by atoms with Crippen LogP contribution in [0.4, 0.5) is 5.69 Å². The molecule has 2 rings (SSSR count). The Kier molecular flexibility index (Phi) is 8.16. The summed E-state index contributed by atoms with van der Waals surface area (Å²) in [6.45, 7) is 6.41. The maximum Gasteiger partial charge on any atom is 0.0340 e. The van der Waals surface area contributed by atoms with Crippen LogP contribution < -0.4 is 10.6 Å². The summed E-state index contributed by atoms with van der Waals surface area (Å²) >= 11 is 0. The molecule has 0 radical (unpaired) electrons. The Balaban J connectivity index is 0. The standard InChI is InChI=1S/C10H15N.C8H11N.2H2/c1-9(2)8-11-10-6-4-3-5-7-10;1-9-7-8-5-3-2-4-6-8;;/h3-7,9,11H,8H2,1-2H3;2-6,9H,7H2,1H3;2*1H. The molecular weight excluding hydrogens is 244 g/mol. The number of hydrogen-bond donors (Lipinski definition) is 2. The Morgan fingerprint density at radius 1 is 0.900 bits per heavy atom. The van der Waals surface area contributed by atoms with Gasteiger partial charge in [0.2, 0.25) is 0 Å². The van der Waals surface area contributed by atoms with Crippen molar-refractivity contribution in [2.24, 2.45) is 5.92 Å². The van der Waals surface area contributed by atoms with E-state index in [9.17, 15) is 0 Å². The molecule has 0 aromatic heterocycles. The van der Waals surface area contributed by atoms with Gasteiger partial charge in [0.1, 0.15) is 0 Å². The zero-order valence-corrected chi connectivity index (χ0v) is 12.8. The van der Waals surface area contributed by atoms with Crippen molar-refractivity contribution < 1.29 is 2.85 Å². The molecule has 2 nitrogen and oxygen atoms in total. The number of hydrogen-bond acceptors (Lipinski definition) is 2. The van der Waals surface area contributed by atoms with E-state index in [1.807, 2.05) is 43.4 Å². The van der Waals surface area contributed by atoms with Crippen molar-refractivity contribution in [1.29, 1.82) is 0 Å². The quantitative estimate of drug-likeness (QED) is 0.829. The molecular formula is C18H30N2. The van der Waals surface area contributed by atoms with Gasteiger partial charge in [-0.1, -0.05) is 62.4 Å². The van der Waals surface area contributed by atoms with Crippen molar-refractivity contribution in [3.05, 3.63) is 66.2 Å². The van der Waals surface area contributed by atoms with Gasteiger partial charge in [-0.2, -0.15) is 0 Å². The average Bonchev–Trinajstić information content (AvgIpc) is 2.48. The van der Waals surface area contributed by atoms with Crippen LogP contribution >= 0.6 is 0 Å². The summed E-state index contributed by atoms with van der Waals surface area (Å²) in [7, 11) is 1.95. The van der Waals surface area contributed by atoms with Gasteiger partial charge in [0.15, 0.2) is 0 Å². The predicted octanol–water partition coefficient (Wildman–Crippen LogP) is 4.65. The van der Waals surface area contributed by atoms with E-state index in [1.54, 1.807) is 0 Å². The maximum atomic E-state index is 3.34. The van der Waals surface area contributed by atoms with Gasteiger partial charge >= 0.3 is 0 Å². The highest BCUT2D eigenvalue weighted by molar-refractivity contribution is 5.42. The smallest absolute Gasteiger partial charge is 0.0340 e. The molecule has 0 aliphatic heterocycles. The Morgan fingerprint density at radius 2 is 1.45 bits per heavy atom. The zero-order chi connectivity index (χ0) is 14.6. The van der Waals surface area contributed by atoms with Gasteiger partial charge in [-0.3, -0.25) is 0 Å². The molecule has 0 fully saturated rings. The molecule has 0 aliphatic rings. The second kappa shape index (κ2) is 10.0. The molecule has 2 N–H and O–H groups in total. The maximum absolute atomic E-state index is 3.34. The first kappa shape index (κ1) is 16.3. The summed E-state index contributed by atoms with van der Waals surface area (Å²) in [6.07, 6.45) is 0. The van der Waals surface area contributed by atoms with Crippen molar-refractivity contribution >= 4 is 5.69 Å². The second-order valence-electron chi connectivity index (χ2n) is 5.16. The minimum atomic E-state index is 0. The molecule has 0 heterocycles. The summed E-state index contributed by atoms with van der Waals surface area (Å²) in [5.41, 5.74) is 2.54. The Morgan fingerprint density at radius 3 is 1.95 bits per heavy atom. The lowest BCUT2D eigenvalue weighted by molar-refractivity contribution is 0.689. The van der Waals surface area contributed by atoms with Crippen LogP contribution in [0.3, 0.4) is 0 Å². The minimum Gasteiger partial charge on any atom is -0.385 e. The van der Waals surface area contributed by atoms with Gasteiger partial charge < -0.3 is 10.6 Å². The third-order valence-electron chi connectivity index (χ3n) is 2.71. The van der Waals surface area contributed by atoms with Crippen LogP contribution in [0.15, 0.2) is 60.7 Å². The molecule has 0 atom stereocenters. The monoisotopic (exact) mass is 274 g/mol. The van der Waals surface area contributed by atoms with Gasteiger partial charge in [0.05, 0.1) is 0 Å². The Labute approximate surface area is 126 Å². The van der Waals surface area contributed by atoms with Crippen molar-refractivity contribution in [3.63, 3.8) is 0 Å². The molecule has 0 aliphatic carbocycles. The van der Waals surface area contributed by atoms with Gasteiger partial charge in [0.25, 0.3) is 0 Å². The van der Waals surface area contributed by atoms with E-state index in [2.05, 4.69) is 48.7 Å². The lowest BCUT2D eigenvalue weighted by Gasteiger charge is -2.07. The highest BCUT2D eigenvalue weighted by Crippen LogP contribution is 2.05. The predicted molar refractivity (Wildman–Crippen MR) is 93.2 cm³/mol. The molecule has 2 heteroatoms. The lowest BCUT2D eigenvalue weighted by Crippen LogP contribution is -2.07. The number of benzene rings is 2. The first-order chi connectivity index (χ1) is 9.72. The van der Waals surface area contributed by atoms with Crippen molar-refractivity contribution in [2.75, 3.05) is 18.9 Å². The third-order valence-corrected chi connectivity index (χ3v) is 2.71. The molecule has 0 spiro atoms. The molecule has 2 aromatic rings. The molecule has 2 aromatic carbocycles. The van der Waals surface area contributed by atoms with Gasteiger partial charge in [-0.25, -0.2) is 0 Å². The topological polar surface area (TPSA) is 24.1 Å². The Hall–Kier alpha value is -1.80. The van der Waals surface area contributed by atoms with Crippen LogP contribution in [-0.2, 0) is 6.54 Å². The summed E-state index contributed by atoms with van der Waals surface area (Å²) < 4.78 is 0. The molecule has 112 valence electrons. The van der Waals surface area contributed by atoms with Gasteiger partial charge in [-0.05, 0) is 30.7 Å². The molecule has 0 amide bonds. The van der Waals surface area contributed by atoms with Crippen molar-refractivity contribution in [2.45, 2.75) is 20.4 Å². The molecule has 0 saturated heterocycles. The summed E-state index contributed by atoms with van der Waals surface area (Å²) in [6, 6.07) is 20.6. The largest absolute Gasteiger partial charge is 0.385 e. The fraction of sp³-hybridized carbons (Fsp3) is 0.333. The minimum absolute atomic E-state index is 0. The molecule has 0 unspecified atom stereocenters. The normalized spacial score (nSPS) is 9.80. The van der Waals surface area contributed by atoms with Gasteiger partial charge in [0, 0.05) is 21.6 Å². The summed E-state index contributed by atoms with van der Waals surface area (Å²) in [5.74, 6) is 0.704. The number of rotatable bonds is 5. The van der Waals surface area contributed by atoms with Crippen molar-refractivity contribution in [3.8, 4) is 0 Å². The van der Waals surface area contributed by atoms with E-state index in [0.717, 1.165) is 13.1 Å². The molecule has 0 bridgehead atoms. The van der Waals surface area contributed by atoms with E-state index in [0.29, 0.717) is 5.92 Å². The van der Waals surface area contributed by atoms with E-state index < -0.39 is 0 Å². The van der Waals surface area contributed by atoms with E-state index in [1.165, 1.54) is 11.3 Å². The summed E-state index contributed by atoms with van der Waals surface area (Å²) in [5, 5.41) is 6.43. The lowest BCUT2D eigenvalue weighted by atomic mass is 10.2. The first-order valence-corrected chi connectivity index (χ1v) is 7.19. The summed E-state index contributed by atoms with van der Waals surface area (Å²) in [4.78, 5) is 0. The fourth-order valence-electron chi connectivity index (χ4n) is 1.68. The van der Waals surface area contributed by atoms with E-state index in [4.69, 9.17) is 0 Å². The third kappa shape index (κ3) is 7.59. The van der Waals surface area contributed by atoms with Crippen LogP contribution in [0.5, 0.6) is 0 Å². The number of nitrogens with one attached hydrogen (secondary N) is 2. The number of para-hydroxylation sites is 1. The van der Waals surface area contributed by atoms with Crippen LogP contribution in [0.25, 0.3) is 0 Å². The van der Waals surface area contributed by atoms with Crippen molar-refractivity contribution in [1.82, 2.24) is 5.32 Å². The fourth-order valence-corrected chi connectivity index (χ4v) is 1.68. The van der Waals surface area contributed by atoms with Crippen LogP contribution in [0.2, 0.25) is 0 Å². The number of anilines is 1.